The summed E-state index contributed by atoms with van der Waals surface area (Å²) in [6, 6.07) is 3.52. The molecule has 0 saturated carbocycles. The van der Waals surface area contributed by atoms with Gasteiger partial charge in [-0.2, -0.15) is 0 Å². The van der Waals surface area contributed by atoms with Crippen LogP contribution in [0.15, 0.2) is 34.7 Å². The maximum absolute atomic E-state index is 11.7. The van der Waals surface area contributed by atoms with E-state index in [1.54, 1.807) is 34.5 Å². The quantitative estimate of drug-likeness (QED) is 0.912. The average molecular weight is 263 g/mol. The Labute approximate surface area is 108 Å². The zero-order chi connectivity index (χ0) is 13.0. The van der Waals surface area contributed by atoms with E-state index in [0.717, 1.165) is 17.0 Å². The van der Waals surface area contributed by atoms with Crippen LogP contribution in [0.5, 0.6) is 0 Å². The molecule has 0 radical (unpaired) electrons. The predicted molar refractivity (Wildman–Crippen MR) is 70.8 cm³/mol. The molecule has 0 aliphatic heterocycles. The number of aryl methyl sites for hydroxylation is 1. The molecule has 6 heteroatoms. The van der Waals surface area contributed by atoms with Crippen LogP contribution < -0.4 is 10.2 Å². The van der Waals surface area contributed by atoms with E-state index in [4.69, 9.17) is 0 Å². The monoisotopic (exact) mass is 263 g/mol. The van der Waals surface area contributed by atoms with E-state index in [9.17, 15) is 9.59 Å². The molecule has 18 heavy (non-hydrogen) atoms. The van der Waals surface area contributed by atoms with Crippen molar-refractivity contribution in [2.24, 2.45) is 0 Å². The third-order valence-corrected chi connectivity index (χ3v) is 3.37. The van der Waals surface area contributed by atoms with Crippen LogP contribution in [0.4, 0.5) is 5.69 Å². The molecule has 0 aliphatic carbocycles. The first-order valence-electron chi connectivity index (χ1n) is 5.51. The van der Waals surface area contributed by atoms with Crippen molar-refractivity contribution in [3.8, 4) is 0 Å². The van der Waals surface area contributed by atoms with Crippen molar-refractivity contribution in [1.29, 1.82) is 0 Å². The van der Waals surface area contributed by atoms with E-state index >= 15 is 0 Å². The van der Waals surface area contributed by atoms with Crippen molar-refractivity contribution in [1.82, 2.24) is 9.55 Å². The highest BCUT2D eigenvalue weighted by Gasteiger charge is 2.06. The van der Waals surface area contributed by atoms with Crippen LogP contribution in [-0.4, -0.2) is 15.5 Å². The van der Waals surface area contributed by atoms with Crippen molar-refractivity contribution < 1.29 is 4.79 Å². The second-order valence-electron chi connectivity index (χ2n) is 3.83. The SMILES string of the molecule is Cc1csc(=O)n1CCC(=O)Nc1cccnc1. The molecule has 1 N–H and O–H groups in total. The van der Waals surface area contributed by atoms with Crippen molar-refractivity contribution >= 4 is 22.9 Å². The largest absolute Gasteiger partial charge is 0.325 e. The average Bonchev–Trinajstić information content (AvgIpc) is 2.68. The van der Waals surface area contributed by atoms with Crippen molar-refractivity contribution in [2.75, 3.05) is 5.32 Å². The molecule has 0 unspecified atom stereocenters. The Morgan fingerprint density at radius 3 is 3.00 bits per heavy atom. The molecular formula is C12H13N3O2S. The summed E-state index contributed by atoms with van der Waals surface area (Å²) in [5.74, 6) is -0.125. The minimum Gasteiger partial charge on any atom is -0.325 e. The van der Waals surface area contributed by atoms with E-state index in [-0.39, 0.29) is 17.2 Å². The van der Waals surface area contributed by atoms with Crippen molar-refractivity contribution in [3.63, 3.8) is 0 Å². The molecule has 0 saturated heterocycles. The van der Waals surface area contributed by atoms with Gasteiger partial charge in [0.05, 0.1) is 11.9 Å². The van der Waals surface area contributed by atoms with Gasteiger partial charge in [-0.1, -0.05) is 11.3 Å². The van der Waals surface area contributed by atoms with Gasteiger partial charge in [0.2, 0.25) is 5.91 Å². The Balaban J connectivity index is 1.92. The summed E-state index contributed by atoms with van der Waals surface area (Å²) in [5, 5.41) is 4.52. The van der Waals surface area contributed by atoms with Gasteiger partial charge in [-0.25, -0.2) is 0 Å². The van der Waals surface area contributed by atoms with Crippen LogP contribution in [0.3, 0.4) is 0 Å². The van der Waals surface area contributed by atoms with Gasteiger partial charge in [0, 0.05) is 30.2 Å². The molecule has 0 bridgehead atoms. The third kappa shape index (κ3) is 3.04. The molecule has 2 aromatic heterocycles. The highest BCUT2D eigenvalue weighted by atomic mass is 32.1. The predicted octanol–water partition coefficient (Wildman–Crippen LogP) is 1.64. The lowest BCUT2D eigenvalue weighted by Gasteiger charge is -2.06. The number of thiazole rings is 1. The van der Waals surface area contributed by atoms with Gasteiger partial charge >= 0.3 is 4.87 Å². The lowest BCUT2D eigenvalue weighted by Crippen LogP contribution is -2.20. The molecular weight excluding hydrogens is 250 g/mol. The van der Waals surface area contributed by atoms with Crippen LogP contribution in [-0.2, 0) is 11.3 Å². The van der Waals surface area contributed by atoms with Gasteiger partial charge in [0.1, 0.15) is 0 Å². The zero-order valence-electron chi connectivity index (χ0n) is 9.92. The van der Waals surface area contributed by atoms with Crippen LogP contribution in [0.1, 0.15) is 12.1 Å². The second kappa shape index (κ2) is 5.59. The number of nitrogens with zero attached hydrogens (tertiary/aromatic N) is 2. The fourth-order valence-electron chi connectivity index (χ4n) is 1.55. The molecule has 0 fully saturated rings. The number of nitrogens with one attached hydrogen (secondary N) is 1. The molecule has 2 aromatic rings. The molecule has 5 nitrogen and oxygen atoms in total. The maximum atomic E-state index is 11.7. The molecule has 0 spiro atoms. The number of hydrogen-bond acceptors (Lipinski definition) is 4. The molecule has 2 heterocycles. The number of anilines is 1. The lowest BCUT2D eigenvalue weighted by molar-refractivity contribution is -0.116. The van der Waals surface area contributed by atoms with Crippen LogP contribution >= 0.6 is 11.3 Å². The van der Waals surface area contributed by atoms with E-state index in [1.165, 1.54) is 0 Å². The minimum atomic E-state index is -0.125. The van der Waals surface area contributed by atoms with Crippen LogP contribution in [0.2, 0.25) is 0 Å². The molecule has 2 rings (SSSR count). The number of amides is 1. The summed E-state index contributed by atoms with van der Waals surface area (Å²) in [6.07, 6.45) is 3.50. The molecule has 0 aromatic carbocycles. The smallest absolute Gasteiger partial charge is 0.307 e. The maximum Gasteiger partial charge on any atom is 0.307 e. The summed E-state index contributed by atoms with van der Waals surface area (Å²) >= 11 is 1.15. The highest BCUT2D eigenvalue weighted by Crippen LogP contribution is 2.05. The second-order valence-corrected chi connectivity index (χ2v) is 4.66. The summed E-state index contributed by atoms with van der Waals surface area (Å²) in [5.41, 5.74) is 1.55. The Morgan fingerprint density at radius 2 is 2.39 bits per heavy atom. The number of aromatic nitrogens is 2. The molecule has 1 amide bonds. The number of carbonyl (C=O) groups is 1. The van der Waals surface area contributed by atoms with E-state index < -0.39 is 0 Å². The van der Waals surface area contributed by atoms with Crippen molar-refractivity contribution in [3.05, 3.63) is 45.3 Å². The first-order chi connectivity index (χ1) is 8.66. The van der Waals surface area contributed by atoms with E-state index in [0.29, 0.717) is 12.2 Å². The minimum absolute atomic E-state index is 0.0262. The Morgan fingerprint density at radius 1 is 1.56 bits per heavy atom. The zero-order valence-corrected chi connectivity index (χ0v) is 10.7. The Bertz CT molecular complexity index is 589. The van der Waals surface area contributed by atoms with Gasteiger partial charge in [0.25, 0.3) is 0 Å². The van der Waals surface area contributed by atoms with Crippen LogP contribution in [0.25, 0.3) is 0 Å². The van der Waals surface area contributed by atoms with Gasteiger partial charge in [0.15, 0.2) is 0 Å². The first kappa shape index (κ1) is 12.5. The summed E-state index contributed by atoms with van der Waals surface area (Å²) in [4.78, 5) is 27.0. The number of carbonyl (C=O) groups excluding carboxylic acids is 1. The standard InChI is InChI=1S/C12H13N3O2S/c1-9-8-18-12(17)15(9)6-4-11(16)14-10-3-2-5-13-7-10/h2-3,5,7-8H,4,6H2,1H3,(H,14,16). The van der Waals surface area contributed by atoms with E-state index in [2.05, 4.69) is 10.3 Å². The number of rotatable bonds is 4. The fourth-order valence-corrected chi connectivity index (χ4v) is 2.31. The highest BCUT2D eigenvalue weighted by molar-refractivity contribution is 7.07. The van der Waals surface area contributed by atoms with Gasteiger partial charge in [-0.15, -0.1) is 0 Å². The summed E-state index contributed by atoms with van der Waals surface area (Å²) in [7, 11) is 0. The molecule has 94 valence electrons. The summed E-state index contributed by atoms with van der Waals surface area (Å²) < 4.78 is 1.60. The number of pyridine rings is 1. The topological polar surface area (TPSA) is 64.0 Å². The first-order valence-corrected chi connectivity index (χ1v) is 6.39. The third-order valence-electron chi connectivity index (χ3n) is 2.48. The Kier molecular flexibility index (Phi) is 3.88. The normalized spacial score (nSPS) is 10.3. The van der Waals surface area contributed by atoms with Crippen LogP contribution in [0, 0.1) is 6.92 Å². The van der Waals surface area contributed by atoms with E-state index in [1.807, 2.05) is 6.92 Å². The fraction of sp³-hybridized carbons (Fsp3) is 0.250. The molecule has 0 aliphatic rings. The summed E-state index contributed by atoms with van der Waals surface area (Å²) in [6.45, 7) is 2.26. The van der Waals surface area contributed by atoms with Crippen molar-refractivity contribution in [2.45, 2.75) is 19.9 Å². The Hall–Kier alpha value is -1.95. The number of hydrogen-bond donors (Lipinski definition) is 1. The van der Waals surface area contributed by atoms with Gasteiger partial charge in [-0.3, -0.25) is 14.6 Å². The molecule has 0 atom stereocenters. The van der Waals surface area contributed by atoms with Gasteiger partial charge < -0.3 is 9.88 Å². The van der Waals surface area contributed by atoms with Gasteiger partial charge in [-0.05, 0) is 19.1 Å². The lowest BCUT2D eigenvalue weighted by atomic mass is 10.3.